The molecule has 4 aromatic rings. The Labute approximate surface area is 205 Å². The molecule has 0 spiro atoms. The Kier molecular flexibility index (Phi) is 6.66. The third kappa shape index (κ3) is 5.52. The number of aryl methyl sites for hydroxylation is 1. The molecule has 0 amide bonds. The number of hydrogen-bond acceptors (Lipinski definition) is 3. The molecule has 0 saturated carbocycles. The summed E-state index contributed by atoms with van der Waals surface area (Å²) in [5.41, 5.74) is 3.23. The molecule has 1 heterocycles. The van der Waals surface area contributed by atoms with Gasteiger partial charge in [-0.15, -0.1) is 0 Å². The number of rotatable bonds is 6. The predicted molar refractivity (Wildman–Crippen MR) is 137 cm³/mol. The van der Waals surface area contributed by atoms with Gasteiger partial charge in [0.1, 0.15) is 5.82 Å². The number of nitrogens with one attached hydrogen (secondary N) is 1. The van der Waals surface area contributed by atoms with Gasteiger partial charge in [-0.1, -0.05) is 56.7 Å². The van der Waals surface area contributed by atoms with Gasteiger partial charge in [0.05, 0.1) is 4.90 Å². The van der Waals surface area contributed by atoms with E-state index in [9.17, 15) is 17.6 Å². The maximum absolute atomic E-state index is 13.7. The van der Waals surface area contributed by atoms with Crippen LogP contribution in [0.4, 0.5) is 4.39 Å². The molecule has 7 heteroatoms. The molecule has 0 saturated heterocycles. The maximum atomic E-state index is 13.7. The molecule has 5 nitrogen and oxygen atoms in total. The zero-order chi connectivity index (χ0) is 25.4. The molecular formula is C28H29FN2O3S. The van der Waals surface area contributed by atoms with Crippen molar-refractivity contribution in [3.8, 4) is 0 Å². The van der Waals surface area contributed by atoms with E-state index in [1.165, 1.54) is 16.4 Å². The summed E-state index contributed by atoms with van der Waals surface area (Å²) in [7, 11) is -3.96. The molecule has 4 rings (SSSR count). The van der Waals surface area contributed by atoms with Crippen molar-refractivity contribution in [3.63, 3.8) is 0 Å². The van der Waals surface area contributed by atoms with Gasteiger partial charge in [-0.05, 0) is 71.3 Å². The van der Waals surface area contributed by atoms with Crippen molar-refractivity contribution in [2.45, 2.75) is 51.1 Å². The predicted octanol–water partition coefficient (Wildman–Crippen LogP) is 5.66. The van der Waals surface area contributed by atoms with Gasteiger partial charge in [-0.25, -0.2) is 12.8 Å². The monoisotopic (exact) mass is 492 g/mol. The van der Waals surface area contributed by atoms with Crippen LogP contribution in [0.2, 0.25) is 0 Å². The Morgan fingerprint density at radius 3 is 2.17 bits per heavy atom. The van der Waals surface area contributed by atoms with E-state index in [4.69, 9.17) is 0 Å². The first-order valence-electron chi connectivity index (χ1n) is 11.4. The molecule has 0 aliphatic rings. The Morgan fingerprint density at radius 2 is 1.54 bits per heavy atom. The number of sulfonamides is 1. The van der Waals surface area contributed by atoms with Crippen molar-refractivity contribution in [1.82, 2.24) is 9.29 Å². The summed E-state index contributed by atoms with van der Waals surface area (Å²) in [6.07, 6.45) is 0. The minimum absolute atomic E-state index is 0.00503. The summed E-state index contributed by atoms with van der Waals surface area (Å²) < 4.78 is 42.2. The number of halogens is 1. The highest BCUT2D eigenvalue weighted by Crippen LogP contribution is 2.26. The van der Waals surface area contributed by atoms with Crippen LogP contribution in [0.3, 0.4) is 0 Å². The molecular weight excluding hydrogens is 463 g/mol. The highest BCUT2D eigenvalue weighted by atomic mass is 32.2. The quantitative estimate of drug-likeness (QED) is 0.377. The average Bonchev–Trinajstić information content (AvgIpc) is 2.80. The molecule has 0 bridgehead atoms. The fraction of sp³-hybridized carbons (Fsp3) is 0.250. The molecule has 0 fully saturated rings. The Morgan fingerprint density at radius 1 is 0.886 bits per heavy atom. The van der Waals surface area contributed by atoms with Crippen LogP contribution in [0.1, 0.15) is 43.0 Å². The second kappa shape index (κ2) is 9.40. The minimum Gasteiger partial charge on any atom is -0.322 e. The van der Waals surface area contributed by atoms with E-state index in [1.54, 1.807) is 30.3 Å². The second-order valence-electron chi connectivity index (χ2n) is 9.89. The van der Waals surface area contributed by atoms with Gasteiger partial charge in [0.25, 0.3) is 5.56 Å². The number of pyridine rings is 1. The first kappa shape index (κ1) is 24.8. The van der Waals surface area contributed by atoms with Gasteiger partial charge in [-0.2, -0.15) is 4.31 Å². The van der Waals surface area contributed by atoms with Crippen LogP contribution in [-0.4, -0.2) is 17.7 Å². The molecule has 1 N–H and O–H groups in total. The maximum Gasteiger partial charge on any atom is 0.252 e. The lowest BCUT2D eigenvalue weighted by Crippen LogP contribution is -2.32. The van der Waals surface area contributed by atoms with Gasteiger partial charge in [0, 0.05) is 24.2 Å². The largest absolute Gasteiger partial charge is 0.322 e. The number of hydrogen-bond donors (Lipinski definition) is 1. The van der Waals surface area contributed by atoms with Crippen molar-refractivity contribution >= 4 is 20.9 Å². The molecule has 0 radical (unpaired) electrons. The number of aromatic amines is 1. The van der Waals surface area contributed by atoms with Crippen LogP contribution in [0, 0.1) is 12.7 Å². The molecule has 3 aromatic carbocycles. The van der Waals surface area contributed by atoms with Crippen molar-refractivity contribution in [2.24, 2.45) is 0 Å². The van der Waals surface area contributed by atoms with Crippen LogP contribution in [-0.2, 0) is 28.5 Å². The number of H-pyrrole nitrogens is 1. The fourth-order valence-electron chi connectivity index (χ4n) is 3.97. The lowest BCUT2D eigenvalue weighted by Gasteiger charge is -2.24. The number of benzene rings is 3. The van der Waals surface area contributed by atoms with E-state index < -0.39 is 15.8 Å². The van der Waals surface area contributed by atoms with E-state index in [0.717, 1.165) is 16.5 Å². The van der Waals surface area contributed by atoms with Crippen LogP contribution in [0.15, 0.2) is 82.5 Å². The number of fused-ring (bicyclic) bond motifs is 1. The molecule has 0 atom stereocenters. The highest BCUT2D eigenvalue weighted by molar-refractivity contribution is 7.89. The van der Waals surface area contributed by atoms with E-state index in [-0.39, 0.29) is 29.0 Å². The van der Waals surface area contributed by atoms with Crippen LogP contribution < -0.4 is 5.56 Å². The third-order valence-corrected chi connectivity index (χ3v) is 7.86. The molecule has 1 aromatic heterocycles. The van der Waals surface area contributed by atoms with Crippen molar-refractivity contribution < 1.29 is 12.8 Å². The zero-order valence-electron chi connectivity index (χ0n) is 20.3. The first-order chi connectivity index (χ1) is 16.4. The van der Waals surface area contributed by atoms with E-state index in [2.05, 4.69) is 25.8 Å². The summed E-state index contributed by atoms with van der Waals surface area (Å²) in [6, 6.07) is 19.9. The molecule has 35 heavy (non-hydrogen) atoms. The number of aromatic nitrogens is 1. The van der Waals surface area contributed by atoms with Gasteiger partial charge < -0.3 is 4.98 Å². The lowest BCUT2D eigenvalue weighted by molar-refractivity contribution is 0.399. The summed E-state index contributed by atoms with van der Waals surface area (Å²) in [6.45, 7) is 8.01. The summed E-state index contributed by atoms with van der Waals surface area (Å²) in [4.78, 5) is 15.8. The lowest BCUT2D eigenvalue weighted by atomic mass is 9.87. The van der Waals surface area contributed by atoms with Gasteiger partial charge in [-0.3, -0.25) is 4.79 Å². The molecule has 0 aliphatic heterocycles. The third-order valence-electron chi connectivity index (χ3n) is 6.05. The zero-order valence-corrected chi connectivity index (χ0v) is 21.1. The van der Waals surface area contributed by atoms with Crippen molar-refractivity contribution in [2.75, 3.05) is 0 Å². The summed E-state index contributed by atoms with van der Waals surface area (Å²) >= 11 is 0. The Bertz CT molecular complexity index is 1520. The Hall–Kier alpha value is -3.29. The normalized spacial score (nSPS) is 12.4. The van der Waals surface area contributed by atoms with Crippen LogP contribution >= 0.6 is 0 Å². The Balaban J connectivity index is 1.76. The van der Waals surface area contributed by atoms with Crippen LogP contribution in [0.5, 0.6) is 0 Å². The smallest absolute Gasteiger partial charge is 0.252 e. The van der Waals surface area contributed by atoms with Crippen molar-refractivity contribution in [3.05, 3.63) is 111 Å². The standard InChI is InChI=1S/C28H29FN2O3S/c1-19-5-14-26-21(15-19)16-22(27(32)30-26)18-31(17-20-6-10-24(29)11-7-20)35(33,34)25-12-8-23(9-13-25)28(2,3)4/h5-16H,17-18H2,1-4H3,(H,30,32). The van der Waals surface area contributed by atoms with E-state index >= 15 is 0 Å². The first-order valence-corrected chi connectivity index (χ1v) is 12.9. The number of nitrogens with zero attached hydrogens (tertiary/aromatic N) is 1. The fourth-order valence-corrected chi connectivity index (χ4v) is 5.38. The summed E-state index contributed by atoms with van der Waals surface area (Å²) in [5.74, 6) is -0.401. The van der Waals surface area contributed by atoms with Crippen LogP contribution in [0.25, 0.3) is 10.9 Å². The molecule has 0 aliphatic carbocycles. The average molecular weight is 493 g/mol. The minimum atomic E-state index is -3.96. The van der Waals surface area contributed by atoms with Gasteiger partial charge in [0.2, 0.25) is 10.0 Å². The summed E-state index contributed by atoms with van der Waals surface area (Å²) in [5, 5.41) is 0.827. The molecule has 182 valence electrons. The van der Waals surface area contributed by atoms with Gasteiger partial charge in [0.15, 0.2) is 0 Å². The second-order valence-corrected chi connectivity index (χ2v) is 11.8. The van der Waals surface area contributed by atoms with E-state index in [0.29, 0.717) is 16.6 Å². The van der Waals surface area contributed by atoms with Crippen molar-refractivity contribution in [1.29, 1.82) is 0 Å². The van der Waals surface area contributed by atoms with E-state index in [1.807, 2.05) is 37.3 Å². The highest BCUT2D eigenvalue weighted by Gasteiger charge is 2.27. The van der Waals surface area contributed by atoms with Gasteiger partial charge >= 0.3 is 0 Å². The SMILES string of the molecule is Cc1ccc2[nH]c(=O)c(CN(Cc3ccc(F)cc3)S(=O)(=O)c3ccc(C(C)(C)C)cc3)cc2c1. The molecule has 0 unspecified atom stereocenters. The topological polar surface area (TPSA) is 70.2 Å².